The molecule has 0 fully saturated rings. The summed E-state index contributed by atoms with van der Waals surface area (Å²) in [6.45, 7) is 2.92. The van der Waals surface area contributed by atoms with E-state index in [0.29, 0.717) is 0 Å². The Hall–Kier alpha value is -0.780. The Labute approximate surface area is 114 Å². The molecule has 0 aliphatic carbocycles. The normalized spacial score (nSPS) is 10.5. The SMILES string of the molecule is CCNc1nc(CSc2ccc(Cl)cc2)ns1. The fourth-order valence-electron chi connectivity index (χ4n) is 1.21. The summed E-state index contributed by atoms with van der Waals surface area (Å²) < 4.78 is 4.29. The van der Waals surface area contributed by atoms with Gasteiger partial charge < -0.3 is 5.32 Å². The highest BCUT2D eigenvalue weighted by Crippen LogP contribution is 2.24. The van der Waals surface area contributed by atoms with E-state index in [1.807, 2.05) is 31.2 Å². The third-order valence-corrected chi connectivity index (χ3v) is 3.95. The first-order chi connectivity index (χ1) is 8.28. The Kier molecular flexibility index (Phi) is 4.65. The molecule has 90 valence electrons. The molecule has 1 heterocycles. The van der Waals surface area contributed by atoms with Crippen molar-refractivity contribution in [2.45, 2.75) is 17.6 Å². The Morgan fingerprint density at radius 2 is 2.12 bits per heavy atom. The summed E-state index contributed by atoms with van der Waals surface area (Å²) in [7, 11) is 0. The van der Waals surface area contributed by atoms with Gasteiger partial charge in [-0.2, -0.15) is 4.37 Å². The molecule has 0 amide bonds. The average molecular weight is 286 g/mol. The van der Waals surface area contributed by atoms with E-state index >= 15 is 0 Å². The Bertz CT molecular complexity index is 470. The van der Waals surface area contributed by atoms with Crippen molar-refractivity contribution in [1.29, 1.82) is 0 Å². The number of rotatable bonds is 5. The van der Waals surface area contributed by atoms with Crippen LogP contribution < -0.4 is 5.32 Å². The monoisotopic (exact) mass is 285 g/mol. The minimum absolute atomic E-state index is 0.760. The number of nitrogens with zero attached hydrogens (tertiary/aromatic N) is 2. The van der Waals surface area contributed by atoms with Gasteiger partial charge in [-0.25, -0.2) is 4.98 Å². The van der Waals surface area contributed by atoms with Gasteiger partial charge in [0.1, 0.15) is 0 Å². The van der Waals surface area contributed by atoms with Gasteiger partial charge >= 0.3 is 0 Å². The molecular weight excluding hydrogens is 274 g/mol. The summed E-state index contributed by atoms with van der Waals surface area (Å²) in [6, 6.07) is 7.79. The van der Waals surface area contributed by atoms with Gasteiger partial charge in [-0.3, -0.25) is 0 Å². The van der Waals surface area contributed by atoms with Crippen molar-refractivity contribution in [3.63, 3.8) is 0 Å². The highest BCUT2D eigenvalue weighted by Gasteiger charge is 2.03. The van der Waals surface area contributed by atoms with Crippen molar-refractivity contribution in [2.24, 2.45) is 0 Å². The van der Waals surface area contributed by atoms with Crippen LogP contribution in [0.15, 0.2) is 29.2 Å². The van der Waals surface area contributed by atoms with Gasteiger partial charge in [0.2, 0.25) is 5.13 Å². The van der Waals surface area contributed by atoms with Crippen molar-refractivity contribution < 1.29 is 0 Å². The minimum atomic E-state index is 0.760. The third-order valence-electron chi connectivity index (χ3n) is 1.98. The first-order valence-electron chi connectivity index (χ1n) is 5.22. The van der Waals surface area contributed by atoms with Gasteiger partial charge in [-0.1, -0.05) is 11.6 Å². The molecule has 0 radical (unpaired) electrons. The van der Waals surface area contributed by atoms with Crippen LogP contribution in [0.2, 0.25) is 5.02 Å². The van der Waals surface area contributed by atoms with Gasteiger partial charge in [0.15, 0.2) is 5.82 Å². The van der Waals surface area contributed by atoms with Crippen LogP contribution in [0.3, 0.4) is 0 Å². The summed E-state index contributed by atoms with van der Waals surface area (Å²) in [5, 5.41) is 4.80. The molecule has 0 atom stereocenters. The summed E-state index contributed by atoms with van der Waals surface area (Å²) in [6.07, 6.45) is 0. The zero-order valence-corrected chi connectivity index (χ0v) is 11.7. The minimum Gasteiger partial charge on any atom is -0.361 e. The number of nitrogens with one attached hydrogen (secondary N) is 1. The lowest BCUT2D eigenvalue weighted by molar-refractivity contribution is 1.11. The van der Waals surface area contributed by atoms with E-state index in [4.69, 9.17) is 11.6 Å². The highest BCUT2D eigenvalue weighted by atomic mass is 35.5. The van der Waals surface area contributed by atoms with E-state index < -0.39 is 0 Å². The van der Waals surface area contributed by atoms with Gasteiger partial charge in [0, 0.05) is 28.0 Å². The van der Waals surface area contributed by atoms with E-state index in [-0.39, 0.29) is 0 Å². The molecule has 3 nitrogen and oxygen atoms in total. The predicted octanol–water partition coefficient (Wildman–Crippen LogP) is 3.92. The first-order valence-corrected chi connectivity index (χ1v) is 7.36. The molecule has 17 heavy (non-hydrogen) atoms. The number of anilines is 1. The number of hydrogen-bond acceptors (Lipinski definition) is 5. The van der Waals surface area contributed by atoms with Crippen LogP contribution in [-0.2, 0) is 5.75 Å². The molecule has 0 aliphatic rings. The second kappa shape index (κ2) is 6.23. The van der Waals surface area contributed by atoms with Crippen molar-refractivity contribution in [3.05, 3.63) is 35.1 Å². The molecule has 1 aromatic heterocycles. The van der Waals surface area contributed by atoms with Crippen molar-refractivity contribution in [3.8, 4) is 0 Å². The van der Waals surface area contributed by atoms with Crippen LogP contribution in [0, 0.1) is 0 Å². The Morgan fingerprint density at radius 3 is 2.82 bits per heavy atom. The van der Waals surface area contributed by atoms with Crippen molar-refractivity contribution in [2.75, 3.05) is 11.9 Å². The van der Waals surface area contributed by atoms with Crippen LogP contribution in [0.25, 0.3) is 0 Å². The zero-order chi connectivity index (χ0) is 12.1. The van der Waals surface area contributed by atoms with Crippen LogP contribution in [0.1, 0.15) is 12.7 Å². The van der Waals surface area contributed by atoms with E-state index in [2.05, 4.69) is 14.7 Å². The second-order valence-electron chi connectivity index (χ2n) is 3.29. The quantitative estimate of drug-likeness (QED) is 0.845. The predicted molar refractivity (Wildman–Crippen MR) is 75.1 cm³/mol. The molecule has 1 aromatic carbocycles. The molecule has 0 unspecified atom stereocenters. The number of benzene rings is 1. The van der Waals surface area contributed by atoms with Crippen LogP contribution in [0.5, 0.6) is 0 Å². The maximum Gasteiger partial charge on any atom is 0.202 e. The summed E-state index contributed by atoms with van der Waals surface area (Å²) in [5.74, 6) is 1.65. The summed E-state index contributed by atoms with van der Waals surface area (Å²) >= 11 is 8.94. The van der Waals surface area contributed by atoms with Gasteiger partial charge in [-0.05, 0) is 31.2 Å². The fourth-order valence-corrected chi connectivity index (χ4v) is 2.83. The number of halogens is 1. The smallest absolute Gasteiger partial charge is 0.202 e. The standard InChI is InChI=1S/C11H12ClN3S2/c1-2-13-11-14-10(15-17-11)7-16-9-5-3-8(12)4-6-9/h3-6H,2,7H2,1H3,(H,13,14,15). The topological polar surface area (TPSA) is 37.8 Å². The molecule has 0 aliphatic heterocycles. The van der Waals surface area contributed by atoms with Crippen molar-refractivity contribution in [1.82, 2.24) is 9.36 Å². The molecule has 6 heteroatoms. The lowest BCUT2D eigenvalue weighted by atomic mass is 10.4. The Morgan fingerprint density at radius 1 is 1.35 bits per heavy atom. The van der Waals surface area contributed by atoms with Gasteiger partial charge in [-0.15, -0.1) is 11.8 Å². The molecule has 0 saturated heterocycles. The van der Waals surface area contributed by atoms with E-state index in [9.17, 15) is 0 Å². The zero-order valence-electron chi connectivity index (χ0n) is 9.31. The van der Waals surface area contributed by atoms with Crippen molar-refractivity contribution >= 4 is 40.0 Å². The van der Waals surface area contributed by atoms with E-state index in [1.54, 1.807) is 11.8 Å². The molecule has 2 rings (SSSR count). The molecule has 0 saturated carbocycles. The highest BCUT2D eigenvalue weighted by molar-refractivity contribution is 7.98. The summed E-state index contributed by atoms with van der Waals surface area (Å²) in [5.41, 5.74) is 0. The third kappa shape index (κ3) is 3.87. The lowest BCUT2D eigenvalue weighted by Crippen LogP contribution is -1.95. The molecular formula is C11H12ClN3S2. The number of hydrogen-bond donors (Lipinski definition) is 1. The van der Waals surface area contributed by atoms with E-state index in [1.165, 1.54) is 16.4 Å². The molecule has 0 bridgehead atoms. The van der Waals surface area contributed by atoms with Gasteiger partial charge in [0.25, 0.3) is 0 Å². The lowest BCUT2D eigenvalue weighted by Gasteiger charge is -1.98. The van der Waals surface area contributed by atoms with Crippen LogP contribution in [-0.4, -0.2) is 15.9 Å². The van der Waals surface area contributed by atoms with E-state index in [0.717, 1.165) is 28.3 Å². The largest absolute Gasteiger partial charge is 0.361 e. The second-order valence-corrected chi connectivity index (χ2v) is 5.53. The van der Waals surface area contributed by atoms with Crippen LogP contribution in [0.4, 0.5) is 5.13 Å². The number of aromatic nitrogens is 2. The Balaban J connectivity index is 1.90. The molecule has 2 aromatic rings. The van der Waals surface area contributed by atoms with Crippen LogP contribution >= 0.6 is 34.9 Å². The molecule has 1 N–H and O–H groups in total. The average Bonchev–Trinajstić information content (AvgIpc) is 2.77. The first kappa shape index (κ1) is 12.7. The summed E-state index contributed by atoms with van der Waals surface area (Å²) in [4.78, 5) is 5.56. The fraction of sp³-hybridized carbons (Fsp3) is 0.273. The van der Waals surface area contributed by atoms with Gasteiger partial charge in [0.05, 0.1) is 5.75 Å². The number of thioether (sulfide) groups is 1. The maximum absolute atomic E-state index is 5.83. The molecule has 0 spiro atoms. The maximum atomic E-state index is 5.83.